The van der Waals surface area contributed by atoms with E-state index in [-0.39, 0.29) is 17.7 Å². The summed E-state index contributed by atoms with van der Waals surface area (Å²) in [5.41, 5.74) is 5.29. The Labute approximate surface area is 104 Å². The zero-order valence-electron chi connectivity index (χ0n) is 10.1. The first kappa shape index (κ1) is 13.0. The predicted octanol–water partition coefficient (Wildman–Crippen LogP) is 0.684. The van der Waals surface area contributed by atoms with Crippen molar-refractivity contribution in [3.63, 3.8) is 0 Å². The van der Waals surface area contributed by atoms with E-state index in [9.17, 15) is 8.78 Å². The molecule has 1 aliphatic heterocycles. The fourth-order valence-electron chi connectivity index (χ4n) is 1.81. The monoisotopic (exact) mass is 258 g/mol. The maximum atomic E-state index is 13.4. The van der Waals surface area contributed by atoms with Gasteiger partial charge in [0.25, 0.3) is 0 Å². The number of nitrogen functional groups attached to an aromatic ring is 1. The van der Waals surface area contributed by atoms with E-state index in [1.165, 1.54) is 0 Å². The predicted molar refractivity (Wildman–Crippen MR) is 64.3 cm³/mol. The van der Waals surface area contributed by atoms with E-state index in [1.54, 1.807) is 0 Å². The SMILES string of the molecule is CN1CCOC(CNc2nc(N)c(F)cc2F)C1. The average Bonchev–Trinajstić information content (AvgIpc) is 2.32. The Morgan fingerprint density at radius 3 is 3.06 bits per heavy atom. The third-order valence-electron chi connectivity index (χ3n) is 2.80. The lowest BCUT2D eigenvalue weighted by Gasteiger charge is -2.30. The van der Waals surface area contributed by atoms with E-state index in [2.05, 4.69) is 15.2 Å². The van der Waals surface area contributed by atoms with Gasteiger partial charge in [-0.05, 0) is 7.05 Å². The molecule has 1 aromatic heterocycles. The van der Waals surface area contributed by atoms with Gasteiger partial charge in [0, 0.05) is 25.7 Å². The Morgan fingerprint density at radius 2 is 2.33 bits per heavy atom. The fraction of sp³-hybridized carbons (Fsp3) is 0.545. The highest BCUT2D eigenvalue weighted by atomic mass is 19.1. The molecule has 0 aromatic carbocycles. The summed E-state index contributed by atoms with van der Waals surface area (Å²) in [6.45, 7) is 2.68. The van der Waals surface area contributed by atoms with E-state index >= 15 is 0 Å². The molecule has 1 unspecified atom stereocenters. The fourth-order valence-corrected chi connectivity index (χ4v) is 1.81. The van der Waals surface area contributed by atoms with E-state index in [4.69, 9.17) is 10.5 Å². The Kier molecular flexibility index (Phi) is 3.93. The summed E-state index contributed by atoms with van der Waals surface area (Å²) in [6.07, 6.45) is -0.0452. The molecule has 1 atom stereocenters. The second kappa shape index (κ2) is 5.45. The number of pyridine rings is 1. The number of ether oxygens (including phenoxy) is 1. The van der Waals surface area contributed by atoms with E-state index in [0.29, 0.717) is 13.2 Å². The minimum atomic E-state index is -0.855. The molecule has 1 saturated heterocycles. The molecular weight excluding hydrogens is 242 g/mol. The largest absolute Gasteiger partial charge is 0.381 e. The van der Waals surface area contributed by atoms with Crippen molar-refractivity contribution in [2.75, 3.05) is 44.3 Å². The van der Waals surface area contributed by atoms with Crippen LogP contribution >= 0.6 is 0 Å². The van der Waals surface area contributed by atoms with Gasteiger partial charge in [0.1, 0.15) is 0 Å². The number of hydrogen-bond donors (Lipinski definition) is 2. The van der Waals surface area contributed by atoms with Gasteiger partial charge in [-0.25, -0.2) is 13.8 Å². The Balaban J connectivity index is 1.95. The number of morpholine rings is 1. The number of nitrogens with two attached hydrogens (primary N) is 1. The standard InChI is InChI=1S/C11H16F2N4O/c1-17-2-3-18-7(6-17)5-15-11-9(13)4-8(12)10(14)16-11/h4,7H,2-3,5-6H2,1H3,(H3,14,15,16). The smallest absolute Gasteiger partial charge is 0.168 e. The van der Waals surface area contributed by atoms with Crippen molar-refractivity contribution in [1.29, 1.82) is 0 Å². The molecule has 7 heteroatoms. The van der Waals surface area contributed by atoms with Gasteiger partial charge in [0.15, 0.2) is 23.3 Å². The molecule has 0 amide bonds. The zero-order chi connectivity index (χ0) is 13.1. The van der Waals surface area contributed by atoms with Gasteiger partial charge in [0.2, 0.25) is 0 Å². The number of nitrogens with zero attached hydrogens (tertiary/aromatic N) is 2. The van der Waals surface area contributed by atoms with Crippen LogP contribution in [0.15, 0.2) is 6.07 Å². The lowest BCUT2D eigenvalue weighted by Crippen LogP contribution is -2.43. The van der Waals surface area contributed by atoms with Crippen LogP contribution in [0, 0.1) is 11.6 Å². The topological polar surface area (TPSA) is 63.4 Å². The lowest BCUT2D eigenvalue weighted by atomic mass is 10.3. The summed E-state index contributed by atoms with van der Waals surface area (Å²) in [6, 6.07) is 0.721. The number of nitrogens with one attached hydrogen (secondary N) is 1. The van der Waals surface area contributed by atoms with Crippen molar-refractivity contribution in [3.8, 4) is 0 Å². The molecule has 1 aromatic rings. The molecule has 0 aliphatic carbocycles. The van der Waals surface area contributed by atoms with Gasteiger partial charge in [-0.1, -0.05) is 0 Å². The summed E-state index contributed by atoms with van der Waals surface area (Å²) >= 11 is 0. The third-order valence-corrected chi connectivity index (χ3v) is 2.80. The minimum Gasteiger partial charge on any atom is -0.381 e. The number of aromatic nitrogens is 1. The van der Waals surface area contributed by atoms with Crippen LogP contribution in [0.2, 0.25) is 0 Å². The van der Waals surface area contributed by atoms with Gasteiger partial charge in [0.05, 0.1) is 12.7 Å². The van der Waals surface area contributed by atoms with Gasteiger partial charge in [-0.2, -0.15) is 0 Å². The van der Waals surface area contributed by atoms with Crippen molar-refractivity contribution in [1.82, 2.24) is 9.88 Å². The summed E-state index contributed by atoms with van der Waals surface area (Å²) in [7, 11) is 1.99. The van der Waals surface area contributed by atoms with Crippen LogP contribution in [0.25, 0.3) is 0 Å². The van der Waals surface area contributed by atoms with Crippen LogP contribution in [-0.4, -0.2) is 49.3 Å². The first-order valence-electron chi connectivity index (χ1n) is 5.72. The molecule has 2 rings (SSSR count). The minimum absolute atomic E-state index is 0.0452. The number of likely N-dealkylation sites (N-methyl/N-ethyl adjacent to an activating group) is 1. The second-order valence-corrected chi connectivity index (χ2v) is 4.32. The number of halogens is 2. The Hall–Kier alpha value is -1.47. The van der Waals surface area contributed by atoms with Crippen LogP contribution in [-0.2, 0) is 4.74 Å². The summed E-state index contributed by atoms with van der Waals surface area (Å²) in [5, 5.41) is 2.79. The van der Waals surface area contributed by atoms with Crippen molar-refractivity contribution in [3.05, 3.63) is 17.7 Å². The number of anilines is 2. The first-order chi connectivity index (χ1) is 8.56. The van der Waals surface area contributed by atoms with Crippen LogP contribution in [0.3, 0.4) is 0 Å². The molecule has 18 heavy (non-hydrogen) atoms. The quantitative estimate of drug-likeness (QED) is 0.835. The second-order valence-electron chi connectivity index (χ2n) is 4.32. The van der Waals surface area contributed by atoms with Crippen molar-refractivity contribution >= 4 is 11.6 Å². The number of rotatable bonds is 3. The average molecular weight is 258 g/mol. The van der Waals surface area contributed by atoms with Crippen molar-refractivity contribution < 1.29 is 13.5 Å². The van der Waals surface area contributed by atoms with Crippen LogP contribution < -0.4 is 11.1 Å². The normalized spacial score (nSPS) is 20.9. The Morgan fingerprint density at radius 1 is 1.56 bits per heavy atom. The van der Waals surface area contributed by atoms with E-state index in [1.807, 2.05) is 7.05 Å². The van der Waals surface area contributed by atoms with Crippen LogP contribution in [0.4, 0.5) is 20.4 Å². The van der Waals surface area contributed by atoms with Gasteiger partial charge in [-0.15, -0.1) is 0 Å². The van der Waals surface area contributed by atoms with Gasteiger partial charge < -0.3 is 20.7 Å². The number of hydrogen-bond acceptors (Lipinski definition) is 5. The first-order valence-corrected chi connectivity index (χ1v) is 5.72. The summed E-state index contributed by atoms with van der Waals surface area (Å²) < 4.78 is 31.8. The van der Waals surface area contributed by atoms with Crippen molar-refractivity contribution in [2.24, 2.45) is 0 Å². The molecule has 1 aliphatic rings. The highest BCUT2D eigenvalue weighted by molar-refractivity contribution is 5.44. The highest BCUT2D eigenvalue weighted by Crippen LogP contribution is 2.16. The van der Waals surface area contributed by atoms with Gasteiger partial charge >= 0.3 is 0 Å². The zero-order valence-corrected chi connectivity index (χ0v) is 10.1. The van der Waals surface area contributed by atoms with E-state index < -0.39 is 11.6 Å². The molecule has 1 fully saturated rings. The summed E-state index contributed by atoms with van der Waals surface area (Å²) in [5.74, 6) is -1.98. The van der Waals surface area contributed by atoms with E-state index in [0.717, 1.165) is 19.2 Å². The molecular formula is C11H16F2N4O. The maximum Gasteiger partial charge on any atom is 0.168 e. The third kappa shape index (κ3) is 3.05. The summed E-state index contributed by atoms with van der Waals surface area (Å²) in [4.78, 5) is 5.75. The van der Waals surface area contributed by atoms with Crippen molar-refractivity contribution in [2.45, 2.75) is 6.10 Å². The maximum absolute atomic E-state index is 13.4. The van der Waals surface area contributed by atoms with Crippen LogP contribution in [0.5, 0.6) is 0 Å². The lowest BCUT2D eigenvalue weighted by molar-refractivity contribution is -0.0117. The molecule has 5 nitrogen and oxygen atoms in total. The molecule has 2 heterocycles. The molecule has 0 radical (unpaired) electrons. The molecule has 100 valence electrons. The van der Waals surface area contributed by atoms with Crippen LogP contribution in [0.1, 0.15) is 0 Å². The highest BCUT2D eigenvalue weighted by Gasteiger charge is 2.18. The molecule has 0 spiro atoms. The Bertz CT molecular complexity index is 430. The molecule has 3 N–H and O–H groups in total. The molecule has 0 bridgehead atoms. The van der Waals surface area contributed by atoms with Gasteiger partial charge in [-0.3, -0.25) is 0 Å². The molecule has 0 saturated carbocycles.